The lowest BCUT2D eigenvalue weighted by molar-refractivity contribution is -0.308. The molecule has 3 aromatic rings. The van der Waals surface area contributed by atoms with Crippen LogP contribution in [-0.4, -0.2) is 35.8 Å². The molecule has 5 atom stereocenters. The van der Waals surface area contributed by atoms with Crippen molar-refractivity contribution >= 4 is 34.8 Å². The second kappa shape index (κ2) is 12.5. The van der Waals surface area contributed by atoms with Gasteiger partial charge in [-0.3, -0.25) is 0 Å². The minimum absolute atomic E-state index is 0.169. The molecule has 1 saturated heterocycles. The third kappa shape index (κ3) is 6.76. The molecule has 0 aliphatic carbocycles. The van der Waals surface area contributed by atoms with Gasteiger partial charge in [-0.1, -0.05) is 89.4 Å². The van der Waals surface area contributed by atoms with Gasteiger partial charge >= 0.3 is 0 Å². The van der Waals surface area contributed by atoms with Crippen molar-refractivity contribution in [2.24, 2.45) is 0 Å². The lowest BCUT2D eigenvalue weighted by atomic mass is 9.98. The van der Waals surface area contributed by atoms with Crippen molar-refractivity contribution in [2.75, 3.05) is 0 Å². The van der Waals surface area contributed by atoms with Crippen molar-refractivity contribution < 1.29 is 24.1 Å². The summed E-state index contributed by atoms with van der Waals surface area (Å²) in [5.74, 6) is 0. The molecule has 0 aromatic heterocycles. The fraction of sp³-hybridized carbons (Fsp3) is 0.333. The molecule has 0 unspecified atom stereocenters. The van der Waals surface area contributed by atoms with E-state index in [-0.39, 0.29) is 19.8 Å². The highest BCUT2D eigenvalue weighted by atomic mass is 35.5. The van der Waals surface area contributed by atoms with Gasteiger partial charge in [-0.2, -0.15) is 0 Å². The Labute approximate surface area is 220 Å². The maximum absolute atomic E-state index is 10.8. The van der Waals surface area contributed by atoms with E-state index in [1.54, 1.807) is 12.1 Å². The first-order valence-corrected chi connectivity index (χ1v) is 12.5. The van der Waals surface area contributed by atoms with Crippen LogP contribution in [0.15, 0.2) is 72.8 Å². The van der Waals surface area contributed by atoms with Crippen molar-refractivity contribution in [1.29, 1.82) is 0 Å². The predicted octanol–water partition coefficient (Wildman–Crippen LogP) is 6.44. The van der Waals surface area contributed by atoms with Gasteiger partial charge in [-0.15, -0.1) is 0 Å². The summed E-state index contributed by atoms with van der Waals surface area (Å²) in [4.78, 5) is 0. The molecule has 1 N–H and O–H groups in total. The van der Waals surface area contributed by atoms with Gasteiger partial charge < -0.3 is 24.1 Å². The van der Waals surface area contributed by atoms with Crippen LogP contribution in [0, 0.1) is 0 Å². The van der Waals surface area contributed by atoms with Crippen LogP contribution in [0.3, 0.4) is 0 Å². The van der Waals surface area contributed by atoms with Gasteiger partial charge in [-0.25, -0.2) is 0 Å². The number of rotatable bonds is 9. The Morgan fingerprint density at radius 1 is 0.629 bits per heavy atom. The summed E-state index contributed by atoms with van der Waals surface area (Å²) in [6, 6.07) is 22.3. The molecule has 0 saturated carbocycles. The largest absolute Gasteiger partial charge is 0.368 e. The Morgan fingerprint density at radius 2 is 1.00 bits per heavy atom. The summed E-state index contributed by atoms with van der Waals surface area (Å²) >= 11 is 19.0. The number of ether oxygens (including phenoxy) is 4. The van der Waals surface area contributed by atoms with E-state index in [9.17, 15) is 5.11 Å². The Bertz CT molecular complexity index is 1050. The zero-order valence-corrected chi connectivity index (χ0v) is 21.4. The summed E-state index contributed by atoms with van der Waals surface area (Å²) in [6.45, 7) is 2.46. The number of aliphatic hydroxyl groups is 1. The predicted molar refractivity (Wildman–Crippen MR) is 137 cm³/mol. The third-order valence-corrected chi connectivity index (χ3v) is 7.02. The molecule has 0 bridgehead atoms. The summed E-state index contributed by atoms with van der Waals surface area (Å²) < 4.78 is 24.5. The molecule has 0 spiro atoms. The minimum atomic E-state index is -1.22. The Hall–Kier alpha value is -1.67. The standard InChI is InChI=1S/C27H27Cl3O5/c1-17-24(32-14-18-8-2-5-11-21(18)28)25(33-15-19-9-3-6-12-22(19)29)26(27(31)35-17)34-16-20-10-4-7-13-23(20)30/h2-13,17,24-27,31H,14-16H2,1H3/t17-,24+,25+,26-,27+/m1/s1. The lowest BCUT2D eigenvalue weighted by Gasteiger charge is -2.43. The maximum Gasteiger partial charge on any atom is 0.184 e. The molecular formula is C27H27Cl3O5. The summed E-state index contributed by atoms with van der Waals surface area (Å²) in [6.07, 6.45) is -3.72. The minimum Gasteiger partial charge on any atom is -0.368 e. The molecule has 5 nitrogen and oxygen atoms in total. The Morgan fingerprint density at radius 3 is 1.43 bits per heavy atom. The van der Waals surface area contributed by atoms with Crippen molar-refractivity contribution in [3.05, 3.63) is 105 Å². The molecule has 8 heteroatoms. The van der Waals surface area contributed by atoms with E-state index in [2.05, 4.69) is 0 Å². The fourth-order valence-corrected chi connectivity index (χ4v) is 4.56. The zero-order valence-electron chi connectivity index (χ0n) is 19.2. The second-order valence-corrected chi connectivity index (χ2v) is 9.55. The molecule has 1 fully saturated rings. The highest BCUT2D eigenvalue weighted by Gasteiger charge is 2.46. The van der Waals surface area contributed by atoms with Crippen molar-refractivity contribution in [3.63, 3.8) is 0 Å². The van der Waals surface area contributed by atoms with Gasteiger partial charge in [0.15, 0.2) is 6.29 Å². The van der Waals surface area contributed by atoms with E-state index in [0.717, 1.165) is 16.7 Å². The molecular weight excluding hydrogens is 511 g/mol. The molecule has 1 heterocycles. The maximum atomic E-state index is 10.8. The van der Waals surface area contributed by atoms with Gasteiger partial charge in [0.25, 0.3) is 0 Å². The van der Waals surface area contributed by atoms with Crippen LogP contribution in [0.1, 0.15) is 23.6 Å². The second-order valence-electron chi connectivity index (χ2n) is 8.33. The van der Waals surface area contributed by atoms with Gasteiger partial charge in [-0.05, 0) is 41.8 Å². The first kappa shape index (κ1) is 26.4. The van der Waals surface area contributed by atoms with Crippen LogP contribution in [0.25, 0.3) is 0 Å². The highest BCUT2D eigenvalue weighted by molar-refractivity contribution is 6.31. The molecule has 1 aliphatic heterocycles. The number of aliphatic hydroxyl groups excluding tert-OH is 1. The lowest BCUT2D eigenvalue weighted by Crippen LogP contribution is -2.59. The van der Waals surface area contributed by atoms with E-state index in [0.29, 0.717) is 15.1 Å². The average molecular weight is 538 g/mol. The summed E-state index contributed by atoms with van der Waals surface area (Å²) in [5, 5.41) is 12.6. The zero-order chi connectivity index (χ0) is 24.8. The van der Waals surface area contributed by atoms with Gasteiger partial charge in [0.05, 0.1) is 25.9 Å². The van der Waals surface area contributed by atoms with Gasteiger partial charge in [0.2, 0.25) is 0 Å². The van der Waals surface area contributed by atoms with E-state index in [4.69, 9.17) is 53.8 Å². The topological polar surface area (TPSA) is 57.2 Å². The molecule has 0 radical (unpaired) electrons. The Kier molecular flexibility index (Phi) is 9.45. The molecule has 0 amide bonds. The Balaban J connectivity index is 1.55. The molecule has 186 valence electrons. The van der Waals surface area contributed by atoms with Crippen LogP contribution in [0.2, 0.25) is 15.1 Å². The summed E-state index contributed by atoms with van der Waals surface area (Å²) in [5.41, 5.74) is 2.45. The number of hydrogen-bond acceptors (Lipinski definition) is 5. The van der Waals surface area contributed by atoms with E-state index in [1.165, 1.54) is 0 Å². The SMILES string of the molecule is C[C@H]1O[C@H](O)[C@H](OCc2ccccc2Cl)[C@@H](OCc2ccccc2Cl)[C@H]1OCc1ccccc1Cl. The van der Waals surface area contributed by atoms with E-state index < -0.39 is 30.7 Å². The van der Waals surface area contributed by atoms with Crippen LogP contribution in [0.4, 0.5) is 0 Å². The van der Waals surface area contributed by atoms with E-state index in [1.807, 2.05) is 67.6 Å². The normalized spacial score (nSPS) is 24.4. The molecule has 3 aromatic carbocycles. The third-order valence-electron chi connectivity index (χ3n) is 5.91. The van der Waals surface area contributed by atoms with Crippen LogP contribution in [0.5, 0.6) is 0 Å². The van der Waals surface area contributed by atoms with Gasteiger partial charge in [0, 0.05) is 15.1 Å². The monoisotopic (exact) mass is 536 g/mol. The number of benzene rings is 3. The number of halogens is 3. The van der Waals surface area contributed by atoms with Crippen molar-refractivity contribution in [3.8, 4) is 0 Å². The fourth-order valence-electron chi connectivity index (χ4n) is 3.99. The van der Waals surface area contributed by atoms with E-state index >= 15 is 0 Å². The van der Waals surface area contributed by atoms with Gasteiger partial charge in [0.1, 0.15) is 18.3 Å². The van der Waals surface area contributed by atoms with Crippen LogP contribution < -0.4 is 0 Å². The average Bonchev–Trinajstić information content (AvgIpc) is 2.84. The van der Waals surface area contributed by atoms with Crippen LogP contribution in [-0.2, 0) is 38.8 Å². The van der Waals surface area contributed by atoms with Crippen molar-refractivity contribution in [2.45, 2.75) is 57.5 Å². The first-order chi connectivity index (χ1) is 16.9. The molecule has 4 rings (SSSR count). The van der Waals surface area contributed by atoms with Crippen molar-refractivity contribution in [1.82, 2.24) is 0 Å². The summed E-state index contributed by atoms with van der Waals surface area (Å²) in [7, 11) is 0. The molecule has 1 aliphatic rings. The molecule has 35 heavy (non-hydrogen) atoms. The smallest absolute Gasteiger partial charge is 0.184 e. The number of hydrogen-bond donors (Lipinski definition) is 1. The first-order valence-electron chi connectivity index (χ1n) is 11.3. The van der Waals surface area contributed by atoms with Crippen LogP contribution >= 0.6 is 34.8 Å². The highest BCUT2D eigenvalue weighted by Crippen LogP contribution is 2.31. The quantitative estimate of drug-likeness (QED) is 0.340.